The molecule has 0 N–H and O–H groups in total. The minimum Gasteiger partial charge on any atom is -0.327 e. The van der Waals surface area contributed by atoms with Crippen molar-refractivity contribution in [2.24, 2.45) is 0 Å². The molecule has 1 aliphatic heterocycles. The summed E-state index contributed by atoms with van der Waals surface area (Å²) in [6.45, 7) is 4.37. The number of hydrogen-bond acceptors (Lipinski definition) is 2. The van der Waals surface area contributed by atoms with Crippen molar-refractivity contribution in [3.63, 3.8) is 0 Å². The molecule has 0 bridgehead atoms. The maximum absolute atomic E-state index is 11.2. The van der Waals surface area contributed by atoms with Gasteiger partial charge in [0, 0.05) is 6.54 Å². The van der Waals surface area contributed by atoms with Crippen molar-refractivity contribution in [1.29, 1.82) is 0 Å². The predicted molar refractivity (Wildman–Crippen MR) is 48.4 cm³/mol. The number of amides is 1. The first-order valence-electron chi connectivity index (χ1n) is 3.75. The van der Waals surface area contributed by atoms with E-state index in [4.69, 9.17) is 0 Å². The molecule has 0 aromatic heterocycles. The van der Waals surface area contributed by atoms with E-state index in [9.17, 15) is 4.79 Å². The highest BCUT2D eigenvalue weighted by atomic mass is 32.2. The quantitative estimate of drug-likeness (QED) is 0.587. The lowest BCUT2D eigenvalue weighted by molar-refractivity contribution is -0.125. The molecule has 1 saturated heterocycles. The first-order chi connectivity index (χ1) is 5.29. The smallest absolute Gasteiger partial charge is 0.246 e. The highest BCUT2D eigenvalue weighted by Crippen LogP contribution is 2.25. The molecule has 1 rings (SSSR count). The van der Waals surface area contributed by atoms with E-state index in [1.807, 2.05) is 11.2 Å². The third kappa shape index (κ3) is 1.77. The fourth-order valence-corrected chi connectivity index (χ4v) is 2.22. The largest absolute Gasteiger partial charge is 0.327 e. The van der Waals surface area contributed by atoms with Crippen molar-refractivity contribution in [3.05, 3.63) is 12.7 Å². The molecule has 1 amide bonds. The van der Waals surface area contributed by atoms with Crippen molar-refractivity contribution in [2.75, 3.05) is 12.8 Å². The van der Waals surface area contributed by atoms with E-state index >= 15 is 0 Å². The monoisotopic (exact) mass is 171 g/mol. The van der Waals surface area contributed by atoms with Crippen molar-refractivity contribution >= 4 is 17.7 Å². The van der Waals surface area contributed by atoms with Crippen LogP contribution in [0.5, 0.6) is 0 Å². The Hall–Kier alpha value is -0.440. The average Bonchev–Trinajstić information content (AvgIpc) is 2.50. The molecule has 1 unspecified atom stereocenters. The standard InChI is InChI=1S/C8H13NOS/c1-3-7(10)9-6-4-5-8(9)11-2/h3,8H,1,4-6H2,2H3. The van der Waals surface area contributed by atoms with Gasteiger partial charge < -0.3 is 4.90 Å². The van der Waals surface area contributed by atoms with Gasteiger partial charge in [0.1, 0.15) is 0 Å². The Morgan fingerprint density at radius 1 is 1.82 bits per heavy atom. The highest BCUT2D eigenvalue weighted by Gasteiger charge is 2.25. The fraction of sp³-hybridized carbons (Fsp3) is 0.625. The molecule has 0 aromatic carbocycles. The van der Waals surface area contributed by atoms with E-state index in [0.29, 0.717) is 5.37 Å². The summed E-state index contributed by atoms with van der Waals surface area (Å²) in [6, 6.07) is 0. The average molecular weight is 171 g/mol. The lowest BCUT2D eigenvalue weighted by Gasteiger charge is -2.20. The summed E-state index contributed by atoms with van der Waals surface area (Å²) in [5.74, 6) is 0.0712. The summed E-state index contributed by atoms with van der Waals surface area (Å²) in [7, 11) is 0. The molecule has 0 aliphatic carbocycles. The van der Waals surface area contributed by atoms with Gasteiger partial charge in [-0.25, -0.2) is 0 Å². The van der Waals surface area contributed by atoms with E-state index in [1.165, 1.54) is 6.08 Å². The molecule has 1 heterocycles. The zero-order valence-electron chi connectivity index (χ0n) is 6.75. The Morgan fingerprint density at radius 2 is 2.55 bits per heavy atom. The van der Waals surface area contributed by atoms with Gasteiger partial charge >= 0.3 is 0 Å². The van der Waals surface area contributed by atoms with Crippen LogP contribution in [0.4, 0.5) is 0 Å². The van der Waals surface area contributed by atoms with Gasteiger partial charge in [0.25, 0.3) is 0 Å². The van der Waals surface area contributed by atoms with Gasteiger partial charge in [-0.05, 0) is 25.2 Å². The van der Waals surface area contributed by atoms with Crippen molar-refractivity contribution in [3.8, 4) is 0 Å². The minimum absolute atomic E-state index is 0.0712. The molecular weight excluding hydrogens is 158 g/mol. The normalized spacial score (nSPS) is 23.7. The number of carbonyl (C=O) groups excluding carboxylic acids is 1. The minimum atomic E-state index is 0.0712. The Kier molecular flexibility index (Phi) is 3.00. The zero-order chi connectivity index (χ0) is 8.27. The molecule has 11 heavy (non-hydrogen) atoms. The van der Waals surface area contributed by atoms with Gasteiger partial charge in [0.2, 0.25) is 5.91 Å². The molecule has 3 heteroatoms. The summed E-state index contributed by atoms with van der Waals surface area (Å²) in [6.07, 6.45) is 5.69. The lowest BCUT2D eigenvalue weighted by Crippen LogP contribution is -2.31. The zero-order valence-corrected chi connectivity index (χ0v) is 7.56. The topological polar surface area (TPSA) is 20.3 Å². The van der Waals surface area contributed by atoms with Crippen LogP contribution in [0.25, 0.3) is 0 Å². The predicted octanol–water partition coefficient (Wildman–Crippen LogP) is 1.48. The van der Waals surface area contributed by atoms with E-state index in [-0.39, 0.29) is 5.91 Å². The SMILES string of the molecule is C=CC(=O)N1CCCC1SC. The van der Waals surface area contributed by atoms with Crippen molar-refractivity contribution in [2.45, 2.75) is 18.2 Å². The van der Waals surface area contributed by atoms with Crippen LogP contribution in [0, 0.1) is 0 Å². The van der Waals surface area contributed by atoms with E-state index in [1.54, 1.807) is 11.8 Å². The van der Waals surface area contributed by atoms with Crippen LogP contribution in [0.1, 0.15) is 12.8 Å². The van der Waals surface area contributed by atoms with E-state index < -0.39 is 0 Å². The van der Waals surface area contributed by atoms with Gasteiger partial charge in [-0.1, -0.05) is 6.58 Å². The number of likely N-dealkylation sites (tertiary alicyclic amines) is 1. The molecule has 0 aromatic rings. The van der Waals surface area contributed by atoms with Crippen LogP contribution >= 0.6 is 11.8 Å². The molecule has 1 aliphatic rings. The number of nitrogens with zero attached hydrogens (tertiary/aromatic N) is 1. The Morgan fingerprint density at radius 3 is 3.09 bits per heavy atom. The van der Waals surface area contributed by atoms with Gasteiger partial charge in [0.05, 0.1) is 5.37 Å². The van der Waals surface area contributed by atoms with Gasteiger partial charge in [-0.15, -0.1) is 11.8 Å². The Balaban J connectivity index is 2.55. The van der Waals surface area contributed by atoms with Crippen LogP contribution in [0.3, 0.4) is 0 Å². The van der Waals surface area contributed by atoms with E-state index in [2.05, 4.69) is 6.58 Å². The Labute approximate surface area is 71.6 Å². The molecule has 0 radical (unpaired) electrons. The molecule has 1 atom stereocenters. The van der Waals surface area contributed by atoms with Crippen molar-refractivity contribution < 1.29 is 4.79 Å². The number of carbonyl (C=O) groups is 1. The number of thioether (sulfide) groups is 1. The molecular formula is C8H13NOS. The lowest BCUT2D eigenvalue weighted by atomic mass is 10.4. The highest BCUT2D eigenvalue weighted by molar-refractivity contribution is 7.99. The second-order valence-corrected chi connectivity index (χ2v) is 3.58. The Bertz CT molecular complexity index is 169. The van der Waals surface area contributed by atoms with Gasteiger partial charge in [-0.3, -0.25) is 4.79 Å². The van der Waals surface area contributed by atoms with Gasteiger partial charge in [-0.2, -0.15) is 0 Å². The van der Waals surface area contributed by atoms with Crippen LogP contribution in [0.15, 0.2) is 12.7 Å². The maximum atomic E-state index is 11.2. The third-order valence-electron chi connectivity index (χ3n) is 1.93. The molecule has 62 valence electrons. The van der Waals surface area contributed by atoms with Crippen LogP contribution < -0.4 is 0 Å². The van der Waals surface area contributed by atoms with Crippen LogP contribution in [-0.4, -0.2) is 29.0 Å². The number of hydrogen-bond donors (Lipinski definition) is 0. The summed E-state index contributed by atoms with van der Waals surface area (Å²) < 4.78 is 0. The molecule has 2 nitrogen and oxygen atoms in total. The van der Waals surface area contributed by atoms with Crippen molar-refractivity contribution in [1.82, 2.24) is 4.90 Å². The second-order valence-electron chi connectivity index (χ2n) is 2.57. The molecule has 1 fully saturated rings. The molecule has 0 saturated carbocycles. The summed E-state index contributed by atoms with van der Waals surface area (Å²) in [5.41, 5.74) is 0. The first kappa shape index (κ1) is 8.65. The maximum Gasteiger partial charge on any atom is 0.246 e. The second kappa shape index (κ2) is 3.81. The first-order valence-corrected chi connectivity index (χ1v) is 5.04. The molecule has 0 spiro atoms. The summed E-state index contributed by atoms with van der Waals surface area (Å²) >= 11 is 1.74. The summed E-state index contributed by atoms with van der Waals surface area (Å²) in [4.78, 5) is 13.1. The van der Waals surface area contributed by atoms with E-state index in [0.717, 1.165) is 19.4 Å². The third-order valence-corrected chi connectivity index (χ3v) is 2.96. The van der Waals surface area contributed by atoms with Crippen LogP contribution in [-0.2, 0) is 4.79 Å². The van der Waals surface area contributed by atoms with Crippen LogP contribution in [0.2, 0.25) is 0 Å². The summed E-state index contributed by atoms with van der Waals surface area (Å²) in [5, 5.41) is 0.389. The van der Waals surface area contributed by atoms with Gasteiger partial charge in [0.15, 0.2) is 0 Å². The number of rotatable bonds is 2. The fourth-order valence-electron chi connectivity index (χ4n) is 1.35.